The lowest BCUT2D eigenvalue weighted by atomic mass is 10.2. The highest BCUT2D eigenvalue weighted by atomic mass is 32.1. The number of ether oxygens (including phenoxy) is 1. The molecule has 5 heteroatoms. The number of hydrogen-bond acceptors (Lipinski definition) is 5. The van der Waals surface area contributed by atoms with Crippen LogP contribution in [0.4, 0.5) is 5.13 Å². The number of pyridine rings is 1. The summed E-state index contributed by atoms with van der Waals surface area (Å²) in [7, 11) is 0. The summed E-state index contributed by atoms with van der Waals surface area (Å²) in [5, 5.41) is 0.565. The maximum absolute atomic E-state index is 5.59. The summed E-state index contributed by atoms with van der Waals surface area (Å²) in [6, 6.07) is 1.95. The number of thiazole rings is 1. The van der Waals surface area contributed by atoms with Crippen molar-refractivity contribution >= 4 is 16.5 Å². The summed E-state index contributed by atoms with van der Waals surface area (Å²) < 4.78 is 5.51. The lowest BCUT2D eigenvalue weighted by molar-refractivity contribution is 0.316. The topological polar surface area (TPSA) is 61.0 Å². The lowest BCUT2D eigenvalue weighted by Crippen LogP contribution is -1.95. The van der Waals surface area contributed by atoms with Crippen LogP contribution < -0.4 is 10.5 Å². The van der Waals surface area contributed by atoms with Crippen LogP contribution in [0.25, 0.3) is 10.4 Å². The second kappa shape index (κ2) is 4.94. The molecule has 0 fully saturated rings. The molecule has 2 heterocycles. The molecule has 4 nitrogen and oxygen atoms in total. The largest absolute Gasteiger partial charge is 0.492 e. The molecule has 0 saturated heterocycles. The highest BCUT2D eigenvalue weighted by Crippen LogP contribution is 2.28. The van der Waals surface area contributed by atoms with Crippen LogP contribution in [-0.4, -0.2) is 16.6 Å². The molecule has 0 atom stereocenters. The van der Waals surface area contributed by atoms with Crippen molar-refractivity contribution in [3.63, 3.8) is 0 Å². The van der Waals surface area contributed by atoms with Gasteiger partial charge >= 0.3 is 0 Å². The van der Waals surface area contributed by atoms with E-state index in [-0.39, 0.29) is 0 Å². The van der Waals surface area contributed by atoms with Crippen LogP contribution in [0.2, 0.25) is 0 Å². The van der Waals surface area contributed by atoms with E-state index >= 15 is 0 Å². The fourth-order valence-corrected chi connectivity index (χ4v) is 1.94. The SMILES string of the molecule is CCCOc1cncc(-c2cnc(N)s2)c1. The average molecular weight is 235 g/mol. The first kappa shape index (κ1) is 10.9. The average Bonchev–Trinajstić information content (AvgIpc) is 2.74. The van der Waals surface area contributed by atoms with Crippen molar-refractivity contribution in [3.05, 3.63) is 24.7 Å². The van der Waals surface area contributed by atoms with Gasteiger partial charge in [0.25, 0.3) is 0 Å². The number of anilines is 1. The smallest absolute Gasteiger partial charge is 0.180 e. The van der Waals surface area contributed by atoms with Gasteiger partial charge in [0.05, 0.1) is 17.7 Å². The first-order chi connectivity index (χ1) is 7.79. The standard InChI is InChI=1S/C11H13N3OS/c1-2-3-15-9-4-8(5-13-6-9)10-7-14-11(12)16-10/h4-7H,2-3H2,1H3,(H2,12,14). The third-order valence-corrected chi connectivity index (χ3v) is 2.87. The van der Waals surface area contributed by atoms with Gasteiger partial charge in [-0.1, -0.05) is 18.3 Å². The summed E-state index contributed by atoms with van der Waals surface area (Å²) in [6.45, 7) is 2.77. The van der Waals surface area contributed by atoms with Crippen LogP contribution >= 0.6 is 11.3 Å². The third-order valence-electron chi connectivity index (χ3n) is 1.99. The normalized spacial score (nSPS) is 10.3. The van der Waals surface area contributed by atoms with Crippen LogP contribution in [0.1, 0.15) is 13.3 Å². The van der Waals surface area contributed by atoms with E-state index in [1.807, 2.05) is 6.07 Å². The van der Waals surface area contributed by atoms with Gasteiger partial charge in [-0.15, -0.1) is 0 Å². The van der Waals surface area contributed by atoms with Crippen molar-refractivity contribution in [1.82, 2.24) is 9.97 Å². The monoisotopic (exact) mass is 235 g/mol. The first-order valence-electron chi connectivity index (χ1n) is 5.09. The zero-order valence-corrected chi connectivity index (χ0v) is 9.83. The van der Waals surface area contributed by atoms with Crippen molar-refractivity contribution < 1.29 is 4.74 Å². The Morgan fingerprint density at radius 3 is 2.94 bits per heavy atom. The predicted octanol–water partition coefficient (Wildman–Crippen LogP) is 2.58. The third kappa shape index (κ3) is 2.49. The van der Waals surface area contributed by atoms with Crippen LogP contribution in [0.5, 0.6) is 5.75 Å². The highest BCUT2D eigenvalue weighted by Gasteiger charge is 2.04. The molecule has 16 heavy (non-hydrogen) atoms. The molecule has 0 spiro atoms. The van der Waals surface area contributed by atoms with E-state index in [9.17, 15) is 0 Å². The van der Waals surface area contributed by atoms with Crippen molar-refractivity contribution in [1.29, 1.82) is 0 Å². The van der Waals surface area contributed by atoms with Crippen LogP contribution in [-0.2, 0) is 0 Å². The minimum absolute atomic E-state index is 0.565. The Morgan fingerprint density at radius 1 is 1.38 bits per heavy atom. The van der Waals surface area contributed by atoms with Gasteiger partial charge < -0.3 is 10.5 Å². The quantitative estimate of drug-likeness (QED) is 0.884. The zero-order valence-electron chi connectivity index (χ0n) is 9.01. The molecule has 0 saturated carbocycles. The van der Waals surface area contributed by atoms with Crippen molar-refractivity contribution in [2.75, 3.05) is 12.3 Å². The van der Waals surface area contributed by atoms with E-state index in [4.69, 9.17) is 10.5 Å². The molecule has 0 aliphatic carbocycles. The molecule has 0 amide bonds. The fraction of sp³-hybridized carbons (Fsp3) is 0.273. The predicted molar refractivity (Wildman–Crippen MR) is 65.5 cm³/mol. The van der Waals surface area contributed by atoms with Gasteiger partial charge in [-0.2, -0.15) is 0 Å². The van der Waals surface area contributed by atoms with E-state index in [1.54, 1.807) is 18.6 Å². The molecule has 2 rings (SSSR count). The fourth-order valence-electron chi connectivity index (χ4n) is 1.27. The van der Waals surface area contributed by atoms with E-state index in [0.717, 1.165) is 22.6 Å². The number of nitrogen functional groups attached to an aromatic ring is 1. The number of hydrogen-bond donors (Lipinski definition) is 1. The molecule has 2 N–H and O–H groups in total. The maximum atomic E-state index is 5.59. The molecule has 2 aromatic heterocycles. The lowest BCUT2D eigenvalue weighted by Gasteiger charge is -2.04. The van der Waals surface area contributed by atoms with Gasteiger partial charge in [0, 0.05) is 18.0 Å². The molecule has 0 aromatic carbocycles. The molecule has 84 valence electrons. The number of rotatable bonds is 4. The molecular weight excluding hydrogens is 222 g/mol. The van der Waals surface area contributed by atoms with Gasteiger partial charge in [0.2, 0.25) is 0 Å². The Balaban J connectivity index is 2.22. The van der Waals surface area contributed by atoms with E-state index in [2.05, 4.69) is 16.9 Å². The van der Waals surface area contributed by atoms with Gasteiger partial charge in [-0.05, 0) is 12.5 Å². The second-order valence-electron chi connectivity index (χ2n) is 3.32. The van der Waals surface area contributed by atoms with E-state index in [0.29, 0.717) is 11.7 Å². The summed E-state index contributed by atoms with van der Waals surface area (Å²) in [5.41, 5.74) is 6.58. The number of nitrogens with zero attached hydrogens (tertiary/aromatic N) is 2. The molecule has 0 aliphatic rings. The minimum atomic E-state index is 0.565. The summed E-state index contributed by atoms with van der Waals surface area (Å²) in [4.78, 5) is 9.16. The number of nitrogens with two attached hydrogens (primary N) is 1. The summed E-state index contributed by atoms with van der Waals surface area (Å²) in [6.07, 6.45) is 6.23. The van der Waals surface area contributed by atoms with Crippen LogP contribution in [0.15, 0.2) is 24.7 Å². The van der Waals surface area contributed by atoms with Crippen molar-refractivity contribution in [2.45, 2.75) is 13.3 Å². The van der Waals surface area contributed by atoms with Gasteiger partial charge in [-0.25, -0.2) is 4.98 Å². The molecule has 0 unspecified atom stereocenters. The maximum Gasteiger partial charge on any atom is 0.180 e. The Hall–Kier alpha value is -1.62. The summed E-state index contributed by atoms with van der Waals surface area (Å²) in [5.74, 6) is 0.784. The second-order valence-corrected chi connectivity index (χ2v) is 4.38. The molecule has 0 bridgehead atoms. The Kier molecular flexibility index (Phi) is 3.36. The van der Waals surface area contributed by atoms with Gasteiger partial charge in [0.1, 0.15) is 5.75 Å². The first-order valence-corrected chi connectivity index (χ1v) is 5.90. The molecule has 2 aromatic rings. The van der Waals surface area contributed by atoms with Crippen LogP contribution in [0, 0.1) is 0 Å². The van der Waals surface area contributed by atoms with E-state index in [1.165, 1.54) is 11.3 Å². The number of aromatic nitrogens is 2. The highest BCUT2D eigenvalue weighted by molar-refractivity contribution is 7.18. The summed E-state index contributed by atoms with van der Waals surface area (Å²) >= 11 is 1.44. The Morgan fingerprint density at radius 2 is 2.25 bits per heavy atom. The molecule has 0 radical (unpaired) electrons. The van der Waals surface area contributed by atoms with E-state index < -0.39 is 0 Å². The van der Waals surface area contributed by atoms with Crippen LogP contribution in [0.3, 0.4) is 0 Å². The van der Waals surface area contributed by atoms with Crippen molar-refractivity contribution in [3.8, 4) is 16.2 Å². The minimum Gasteiger partial charge on any atom is -0.492 e. The molecule has 0 aliphatic heterocycles. The molecular formula is C11H13N3OS. The van der Waals surface area contributed by atoms with Crippen molar-refractivity contribution in [2.24, 2.45) is 0 Å². The Bertz CT molecular complexity index is 470. The van der Waals surface area contributed by atoms with Gasteiger partial charge in [-0.3, -0.25) is 4.98 Å². The zero-order chi connectivity index (χ0) is 11.4. The Labute approximate surface area is 98.1 Å². The van der Waals surface area contributed by atoms with Gasteiger partial charge in [0.15, 0.2) is 5.13 Å².